The second kappa shape index (κ2) is 8.45. The Morgan fingerprint density at radius 1 is 1.35 bits per heavy atom. The van der Waals surface area contributed by atoms with E-state index in [-0.39, 0.29) is 11.8 Å². The van der Waals surface area contributed by atoms with Gasteiger partial charge in [-0.25, -0.2) is 4.98 Å². The number of anilines is 1. The van der Waals surface area contributed by atoms with Crippen molar-refractivity contribution < 1.29 is 4.79 Å². The van der Waals surface area contributed by atoms with Crippen LogP contribution in [0.1, 0.15) is 29.7 Å². The number of nitrogens with zero attached hydrogens (tertiary/aromatic N) is 3. The van der Waals surface area contributed by atoms with Crippen molar-refractivity contribution in [3.05, 3.63) is 59.4 Å². The average molecular weight is 349 g/mol. The predicted octanol–water partition coefficient (Wildman–Crippen LogP) is 2.26. The molecule has 0 saturated carbocycles. The summed E-state index contributed by atoms with van der Waals surface area (Å²) in [6.07, 6.45) is 3.54. The Bertz CT molecular complexity index is 814. The van der Waals surface area contributed by atoms with E-state index in [4.69, 9.17) is 11.0 Å². The number of nitrogens with two attached hydrogens (primary N) is 1. The number of rotatable bonds is 6. The molecule has 1 saturated heterocycles. The van der Waals surface area contributed by atoms with Crippen molar-refractivity contribution in [2.45, 2.75) is 25.9 Å². The molecule has 1 aromatic carbocycles. The summed E-state index contributed by atoms with van der Waals surface area (Å²) in [5.74, 6) is -0.226. The van der Waals surface area contributed by atoms with E-state index in [2.05, 4.69) is 39.5 Å². The van der Waals surface area contributed by atoms with Crippen LogP contribution >= 0.6 is 0 Å². The minimum Gasteiger partial charge on any atom is -0.381 e. The van der Waals surface area contributed by atoms with Crippen LogP contribution in [0.4, 0.5) is 5.69 Å². The highest BCUT2D eigenvalue weighted by atomic mass is 16.1. The van der Waals surface area contributed by atoms with Gasteiger partial charge in [-0.15, -0.1) is 0 Å². The summed E-state index contributed by atoms with van der Waals surface area (Å²) < 4.78 is 0. The first-order chi connectivity index (χ1) is 12.6. The van der Waals surface area contributed by atoms with E-state index >= 15 is 0 Å². The quantitative estimate of drug-likeness (QED) is 0.834. The lowest BCUT2D eigenvalue weighted by Crippen LogP contribution is -2.40. The Labute approximate surface area is 153 Å². The lowest BCUT2D eigenvalue weighted by atomic mass is 9.97. The Morgan fingerprint density at radius 3 is 3.00 bits per heavy atom. The topological polar surface area (TPSA) is 95.0 Å². The van der Waals surface area contributed by atoms with Gasteiger partial charge in [0.05, 0.1) is 5.92 Å². The van der Waals surface area contributed by atoms with Crippen LogP contribution in [0.3, 0.4) is 0 Å². The van der Waals surface area contributed by atoms with Crippen LogP contribution in [0.2, 0.25) is 0 Å². The summed E-state index contributed by atoms with van der Waals surface area (Å²) in [4.78, 5) is 17.7. The maximum atomic E-state index is 11.4. The minimum atomic E-state index is -0.193. The van der Waals surface area contributed by atoms with Crippen molar-refractivity contribution in [1.82, 2.24) is 9.88 Å². The van der Waals surface area contributed by atoms with Gasteiger partial charge in [0.1, 0.15) is 11.8 Å². The highest BCUT2D eigenvalue weighted by molar-refractivity contribution is 5.76. The Balaban J connectivity index is 1.59. The minimum absolute atomic E-state index is 0.0328. The molecule has 1 aliphatic rings. The molecule has 26 heavy (non-hydrogen) atoms. The number of nitriles is 1. The van der Waals surface area contributed by atoms with Gasteiger partial charge in [-0.1, -0.05) is 24.3 Å². The van der Waals surface area contributed by atoms with Gasteiger partial charge in [-0.2, -0.15) is 5.26 Å². The van der Waals surface area contributed by atoms with Gasteiger partial charge >= 0.3 is 0 Å². The number of carbonyl (C=O) groups is 1. The molecule has 2 heterocycles. The third kappa shape index (κ3) is 4.80. The Morgan fingerprint density at radius 2 is 2.19 bits per heavy atom. The number of benzene rings is 1. The molecule has 3 rings (SSSR count). The van der Waals surface area contributed by atoms with Gasteiger partial charge in [0.25, 0.3) is 0 Å². The standard InChI is InChI=1S/C20H23N5O/c21-11-19-10-18(6-7-23-19)24-12-15-3-1-4-16(9-15)13-25-8-2-5-17(14-25)20(22)26/h1,3-4,6-7,9-10,17H,2,5,8,12-14H2,(H2,22,26)(H,23,24)/t17-/m0/s1. The van der Waals surface area contributed by atoms with Gasteiger partial charge in [-0.3, -0.25) is 9.69 Å². The molecule has 1 atom stereocenters. The van der Waals surface area contributed by atoms with Crippen molar-refractivity contribution in [1.29, 1.82) is 5.26 Å². The molecule has 2 aromatic rings. The number of hydrogen-bond acceptors (Lipinski definition) is 5. The van der Waals surface area contributed by atoms with E-state index in [9.17, 15) is 4.79 Å². The van der Waals surface area contributed by atoms with Crippen molar-refractivity contribution >= 4 is 11.6 Å². The number of carbonyl (C=O) groups excluding carboxylic acids is 1. The van der Waals surface area contributed by atoms with E-state index in [1.165, 1.54) is 11.1 Å². The van der Waals surface area contributed by atoms with Crippen LogP contribution in [-0.2, 0) is 17.9 Å². The van der Waals surface area contributed by atoms with E-state index in [0.717, 1.165) is 38.2 Å². The summed E-state index contributed by atoms with van der Waals surface area (Å²) in [6, 6.07) is 14.0. The lowest BCUT2D eigenvalue weighted by Gasteiger charge is -2.31. The zero-order valence-electron chi connectivity index (χ0n) is 14.7. The first-order valence-electron chi connectivity index (χ1n) is 8.83. The van der Waals surface area contributed by atoms with E-state index in [1.54, 1.807) is 12.3 Å². The molecular formula is C20H23N5O. The largest absolute Gasteiger partial charge is 0.381 e. The number of pyridine rings is 1. The molecule has 0 spiro atoms. The fourth-order valence-corrected chi connectivity index (χ4v) is 3.33. The summed E-state index contributed by atoms with van der Waals surface area (Å²) in [5, 5.41) is 12.2. The third-order valence-electron chi connectivity index (χ3n) is 4.68. The summed E-state index contributed by atoms with van der Waals surface area (Å²) >= 11 is 0. The fourth-order valence-electron chi connectivity index (χ4n) is 3.33. The van der Waals surface area contributed by atoms with Crippen molar-refractivity contribution in [2.24, 2.45) is 11.7 Å². The highest BCUT2D eigenvalue weighted by Gasteiger charge is 2.23. The number of likely N-dealkylation sites (tertiary alicyclic amines) is 1. The molecule has 6 nitrogen and oxygen atoms in total. The number of primary amides is 1. The fraction of sp³-hybridized carbons (Fsp3) is 0.350. The van der Waals surface area contributed by atoms with Crippen LogP contribution in [0, 0.1) is 17.2 Å². The summed E-state index contributed by atoms with van der Waals surface area (Å²) in [7, 11) is 0. The molecule has 3 N–H and O–H groups in total. The number of nitrogens with one attached hydrogen (secondary N) is 1. The third-order valence-corrected chi connectivity index (χ3v) is 4.68. The summed E-state index contributed by atoms with van der Waals surface area (Å²) in [5.41, 5.74) is 9.13. The van der Waals surface area contributed by atoms with Gasteiger partial charge in [0, 0.05) is 31.5 Å². The molecule has 134 valence electrons. The monoisotopic (exact) mass is 349 g/mol. The maximum Gasteiger partial charge on any atom is 0.221 e. The smallest absolute Gasteiger partial charge is 0.221 e. The van der Waals surface area contributed by atoms with Crippen LogP contribution < -0.4 is 11.1 Å². The number of amides is 1. The molecule has 0 radical (unpaired) electrons. The zero-order valence-corrected chi connectivity index (χ0v) is 14.7. The Hall–Kier alpha value is -2.91. The molecule has 1 amide bonds. The second-order valence-electron chi connectivity index (χ2n) is 6.69. The molecule has 1 fully saturated rings. The molecular weight excluding hydrogens is 326 g/mol. The summed E-state index contributed by atoms with van der Waals surface area (Å²) in [6.45, 7) is 3.24. The average Bonchev–Trinajstić information content (AvgIpc) is 2.67. The number of hydrogen-bond donors (Lipinski definition) is 2. The van der Waals surface area contributed by atoms with Crippen molar-refractivity contribution in [3.63, 3.8) is 0 Å². The van der Waals surface area contributed by atoms with E-state index < -0.39 is 0 Å². The molecule has 6 heteroatoms. The number of piperidine rings is 1. The number of aromatic nitrogens is 1. The van der Waals surface area contributed by atoms with Gasteiger partial charge in [0.2, 0.25) is 5.91 Å². The SMILES string of the molecule is N#Cc1cc(NCc2cccc(CN3CCC[C@H](C(N)=O)C3)c2)ccn1. The van der Waals surface area contributed by atoms with Gasteiger partial charge < -0.3 is 11.1 Å². The van der Waals surface area contributed by atoms with E-state index in [1.807, 2.05) is 12.1 Å². The van der Waals surface area contributed by atoms with Gasteiger partial charge in [0.15, 0.2) is 0 Å². The van der Waals surface area contributed by atoms with Crippen LogP contribution in [0.25, 0.3) is 0 Å². The van der Waals surface area contributed by atoms with Crippen molar-refractivity contribution in [2.75, 3.05) is 18.4 Å². The van der Waals surface area contributed by atoms with Crippen LogP contribution in [0.15, 0.2) is 42.6 Å². The normalized spacial score (nSPS) is 17.4. The van der Waals surface area contributed by atoms with Crippen molar-refractivity contribution in [3.8, 4) is 6.07 Å². The molecule has 0 bridgehead atoms. The first-order valence-corrected chi connectivity index (χ1v) is 8.83. The molecule has 1 aromatic heterocycles. The second-order valence-corrected chi connectivity index (χ2v) is 6.69. The maximum absolute atomic E-state index is 11.4. The zero-order chi connectivity index (χ0) is 18.4. The predicted molar refractivity (Wildman–Crippen MR) is 99.9 cm³/mol. The molecule has 0 aliphatic carbocycles. The van der Waals surface area contributed by atoms with Crippen LogP contribution in [0.5, 0.6) is 0 Å². The first kappa shape index (κ1) is 17.9. The van der Waals surface area contributed by atoms with Gasteiger partial charge in [-0.05, 0) is 42.6 Å². The molecule has 1 aliphatic heterocycles. The lowest BCUT2D eigenvalue weighted by molar-refractivity contribution is -0.123. The highest BCUT2D eigenvalue weighted by Crippen LogP contribution is 2.19. The molecule has 0 unspecified atom stereocenters. The Kier molecular flexibility index (Phi) is 5.82. The van der Waals surface area contributed by atoms with E-state index in [0.29, 0.717) is 12.2 Å². The van der Waals surface area contributed by atoms with Crippen LogP contribution in [-0.4, -0.2) is 28.9 Å².